The van der Waals surface area contributed by atoms with Crippen LogP contribution in [0.2, 0.25) is 0 Å². The lowest BCUT2D eigenvalue weighted by molar-refractivity contribution is 0.0303. The number of fused-ring (bicyclic) bond motifs is 1. The Hall–Kier alpha value is -3.76. The van der Waals surface area contributed by atoms with E-state index in [0.717, 1.165) is 41.8 Å². The van der Waals surface area contributed by atoms with E-state index in [-0.39, 0.29) is 5.91 Å². The van der Waals surface area contributed by atoms with Crippen LogP contribution in [0.15, 0.2) is 48.7 Å². The van der Waals surface area contributed by atoms with E-state index >= 15 is 0 Å². The molecule has 4 aromatic rings. The number of amides is 1. The summed E-state index contributed by atoms with van der Waals surface area (Å²) in [5.41, 5.74) is 5.13. The van der Waals surface area contributed by atoms with E-state index in [4.69, 9.17) is 4.74 Å². The van der Waals surface area contributed by atoms with Crippen molar-refractivity contribution in [2.24, 2.45) is 0 Å². The number of nitrogens with zero attached hydrogens (tertiary/aromatic N) is 7. The Morgan fingerprint density at radius 2 is 1.83 bits per heavy atom. The summed E-state index contributed by atoms with van der Waals surface area (Å²) in [6, 6.07) is 14.4. The molecule has 1 atom stereocenters. The standard InChI is InChI=1S/C26H30N8O2/c1-31(2)21-9-10-33(16-21)20-7-8-23-22(15-20)25(29-27-23)24-17-34(30-28-24)19-5-3-18(4-6-19)26(35)32-11-13-36-14-12-32/h3-8,15,17,21H,9-14,16H2,1-2H3,(H,27,29). The third kappa shape index (κ3) is 4.22. The van der Waals surface area contributed by atoms with Gasteiger partial charge in [0, 0.05) is 48.9 Å². The molecule has 1 N–H and O–H groups in total. The Morgan fingerprint density at radius 3 is 2.58 bits per heavy atom. The second-order valence-electron chi connectivity index (χ2n) is 9.65. The zero-order valence-electron chi connectivity index (χ0n) is 20.6. The fourth-order valence-corrected chi connectivity index (χ4v) is 5.00. The average molecular weight is 487 g/mol. The molecule has 10 nitrogen and oxygen atoms in total. The number of aromatic nitrogens is 5. The number of benzene rings is 2. The molecule has 0 aliphatic carbocycles. The van der Waals surface area contributed by atoms with Crippen molar-refractivity contribution in [3.63, 3.8) is 0 Å². The molecule has 2 aliphatic heterocycles. The first-order valence-corrected chi connectivity index (χ1v) is 12.4. The van der Waals surface area contributed by atoms with Crippen molar-refractivity contribution in [1.82, 2.24) is 35.0 Å². The summed E-state index contributed by atoms with van der Waals surface area (Å²) in [5.74, 6) is 0.0258. The van der Waals surface area contributed by atoms with Gasteiger partial charge in [-0.2, -0.15) is 5.10 Å². The maximum atomic E-state index is 12.7. The monoisotopic (exact) mass is 486 g/mol. The molecule has 10 heteroatoms. The molecule has 0 radical (unpaired) electrons. The number of ether oxygens (including phenoxy) is 1. The van der Waals surface area contributed by atoms with Crippen LogP contribution in [0.4, 0.5) is 5.69 Å². The quantitative estimate of drug-likeness (QED) is 0.463. The molecule has 0 spiro atoms. The molecule has 2 saturated heterocycles. The van der Waals surface area contributed by atoms with Gasteiger partial charge in [0.15, 0.2) is 0 Å². The van der Waals surface area contributed by atoms with Crippen molar-refractivity contribution < 1.29 is 9.53 Å². The van der Waals surface area contributed by atoms with Crippen LogP contribution in [-0.4, -0.2) is 100 Å². The number of aromatic amines is 1. The molecule has 36 heavy (non-hydrogen) atoms. The van der Waals surface area contributed by atoms with Gasteiger partial charge in [0.1, 0.15) is 11.4 Å². The summed E-state index contributed by atoms with van der Waals surface area (Å²) in [7, 11) is 4.29. The van der Waals surface area contributed by atoms with Crippen LogP contribution < -0.4 is 4.90 Å². The van der Waals surface area contributed by atoms with Gasteiger partial charge in [0.05, 0.1) is 30.6 Å². The van der Waals surface area contributed by atoms with Crippen LogP contribution in [0.3, 0.4) is 0 Å². The molecule has 2 aromatic carbocycles. The van der Waals surface area contributed by atoms with E-state index in [1.54, 1.807) is 4.68 Å². The minimum Gasteiger partial charge on any atom is -0.378 e. The third-order valence-corrected chi connectivity index (χ3v) is 7.22. The second-order valence-corrected chi connectivity index (χ2v) is 9.65. The summed E-state index contributed by atoms with van der Waals surface area (Å²) >= 11 is 0. The smallest absolute Gasteiger partial charge is 0.254 e. The van der Waals surface area contributed by atoms with Gasteiger partial charge in [0.25, 0.3) is 5.91 Å². The summed E-state index contributed by atoms with van der Waals surface area (Å²) in [6.07, 6.45) is 3.04. The van der Waals surface area contributed by atoms with E-state index < -0.39 is 0 Å². The van der Waals surface area contributed by atoms with Gasteiger partial charge in [0.2, 0.25) is 0 Å². The van der Waals surface area contributed by atoms with Gasteiger partial charge in [-0.05, 0) is 63.0 Å². The molecular weight excluding hydrogens is 456 g/mol. The highest BCUT2D eigenvalue weighted by atomic mass is 16.5. The molecule has 6 rings (SSSR count). The Kier molecular flexibility index (Phi) is 5.90. The van der Waals surface area contributed by atoms with Gasteiger partial charge in [-0.15, -0.1) is 5.10 Å². The van der Waals surface area contributed by atoms with E-state index in [9.17, 15) is 4.79 Å². The highest BCUT2D eigenvalue weighted by molar-refractivity contribution is 5.95. The predicted octanol–water partition coefficient (Wildman–Crippen LogP) is 2.42. The lowest BCUT2D eigenvalue weighted by Gasteiger charge is -2.26. The number of anilines is 1. The van der Waals surface area contributed by atoms with Crippen molar-refractivity contribution in [2.45, 2.75) is 12.5 Å². The fraction of sp³-hybridized carbons (Fsp3) is 0.385. The summed E-state index contributed by atoms with van der Waals surface area (Å²) < 4.78 is 7.06. The number of hydrogen-bond donors (Lipinski definition) is 1. The largest absolute Gasteiger partial charge is 0.378 e. The summed E-state index contributed by atoms with van der Waals surface area (Å²) in [4.78, 5) is 19.3. The lowest BCUT2D eigenvalue weighted by atomic mass is 10.1. The van der Waals surface area contributed by atoms with E-state index in [2.05, 4.69) is 62.6 Å². The maximum absolute atomic E-state index is 12.7. The minimum atomic E-state index is 0.0258. The zero-order valence-corrected chi connectivity index (χ0v) is 20.6. The highest BCUT2D eigenvalue weighted by Gasteiger charge is 2.25. The predicted molar refractivity (Wildman–Crippen MR) is 137 cm³/mol. The van der Waals surface area contributed by atoms with E-state index in [1.807, 2.05) is 35.4 Å². The summed E-state index contributed by atoms with van der Waals surface area (Å²) in [6.45, 7) is 4.49. The van der Waals surface area contributed by atoms with Crippen LogP contribution in [-0.2, 0) is 4.74 Å². The number of nitrogens with one attached hydrogen (secondary N) is 1. The molecule has 2 aromatic heterocycles. The fourth-order valence-electron chi connectivity index (χ4n) is 5.00. The molecule has 186 valence electrons. The van der Waals surface area contributed by atoms with Crippen LogP contribution in [0, 0.1) is 0 Å². The number of hydrogen-bond acceptors (Lipinski definition) is 7. The first-order chi connectivity index (χ1) is 17.6. The molecule has 2 aliphatic rings. The first kappa shape index (κ1) is 22.7. The molecule has 0 saturated carbocycles. The molecular formula is C26H30N8O2. The molecule has 1 unspecified atom stereocenters. The van der Waals surface area contributed by atoms with Crippen molar-refractivity contribution in [3.8, 4) is 17.1 Å². The van der Waals surface area contributed by atoms with Crippen LogP contribution in [0.5, 0.6) is 0 Å². The molecule has 0 bridgehead atoms. The first-order valence-electron chi connectivity index (χ1n) is 12.4. The number of carbonyl (C=O) groups is 1. The second kappa shape index (κ2) is 9.36. The number of H-pyrrole nitrogens is 1. The lowest BCUT2D eigenvalue weighted by Crippen LogP contribution is -2.40. The SMILES string of the molecule is CN(C)C1CCN(c2ccc3[nH]nc(-c4cn(-c5ccc(C(=O)N6CCOCC6)cc5)nn4)c3c2)C1. The number of carbonyl (C=O) groups excluding carboxylic acids is 1. The van der Waals surface area contributed by atoms with Gasteiger partial charge in [-0.25, -0.2) is 4.68 Å². The normalized spacial score (nSPS) is 18.5. The van der Waals surface area contributed by atoms with Crippen LogP contribution in [0.1, 0.15) is 16.8 Å². The maximum Gasteiger partial charge on any atom is 0.254 e. The molecule has 1 amide bonds. The Morgan fingerprint density at radius 1 is 1.06 bits per heavy atom. The molecule has 4 heterocycles. The van der Waals surface area contributed by atoms with Crippen LogP contribution in [0.25, 0.3) is 28.0 Å². The Bertz CT molecular complexity index is 1370. The average Bonchev–Trinajstić information content (AvgIpc) is 3.68. The zero-order chi connectivity index (χ0) is 24.6. The summed E-state index contributed by atoms with van der Waals surface area (Å²) in [5, 5.41) is 17.4. The number of morpholine rings is 1. The van der Waals surface area contributed by atoms with Crippen molar-refractivity contribution in [3.05, 3.63) is 54.2 Å². The van der Waals surface area contributed by atoms with Crippen LogP contribution >= 0.6 is 0 Å². The third-order valence-electron chi connectivity index (χ3n) is 7.22. The van der Waals surface area contributed by atoms with Crippen molar-refractivity contribution in [2.75, 3.05) is 58.4 Å². The Balaban J connectivity index is 1.23. The van der Waals surface area contributed by atoms with E-state index in [0.29, 0.717) is 43.6 Å². The minimum absolute atomic E-state index is 0.0258. The van der Waals surface area contributed by atoms with Gasteiger partial charge < -0.3 is 19.4 Å². The molecule has 2 fully saturated rings. The van der Waals surface area contributed by atoms with Crippen molar-refractivity contribution in [1.29, 1.82) is 0 Å². The highest BCUT2D eigenvalue weighted by Crippen LogP contribution is 2.31. The number of likely N-dealkylation sites (N-methyl/N-ethyl adjacent to an activating group) is 1. The van der Waals surface area contributed by atoms with E-state index in [1.165, 1.54) is 5.69 Å². The van der Waals surface area contributed by atoms with Gasteiger partial charge in [-0.1, -0.05) is 5.21 Å². The van der Waals surface area contributed by atoms with Crippen molar-refractivity contribution >= 4 is 22.5 Å². The topological polar surface area (TPSA) is 95.4 Å². The van der Waals surface area contributed by atoms with Gasteiger partial charge >= 0.3 is 0 Å². The number of rotatable bonds is 5. The Labute approximate surface area is 209 Å². The van der Waals surface area contributed by atoms with Gasteiger partial charge in [-0.3, -0.25) is 9.89 Å².